The van der Waals surface area contributed by atoms with Gasteiger partial charge in [0.05, 0.1) is 6.61 Å². The number of nitrogens with zero attached hydrogens (tertiary/aromatic N) is 1. The zero-order valence-electron chi connectivity index (χ0n) is 11.4. The van der Waals surface area contributed by atoms with Crippen LogP contribution in [0.3, 0.4) is 0 Å². The van der Waals surface area contributed by atoms with E-state index in [4.69, 9.17) is 9.47 Å². The first-order chi connectivity index (χ1) is 9.29. The Balaban J connectivity index is 1.67. The summed E-state index contributed by atoms with van der Waals surface area (Å²) < 4.78 is 10.6. The number of hydrogen-bond acceptors (Lipinski definition) is 3. The Morgan fingerprint density at radius 3 is 2.89 bits per heavy atom. The molecule has 0 aliphatic carbocycles. The van der Waals surface area contributed by atoms with Crippen molar-refractivity contribution in [1.82, 2.24) is 4.90 Å². The molecule has 0 bridgehead atoms. The minimum absolute atomic E-state index is 0.0916. The Bertz CT molecular complexity index is 394. The van der Waals surface area contributed by atoms with Crippen LogP contribution in [0.1, 0.15) is 12.8 Å². The zero-order valence-corrected chi connectivity index (χ0v) is 11.4. The SMILES string of the molecule is COCC(=O)N1CCC(CCOc2ccccc2)C1. The third-order valence-electron chi connectivity index (χ3n) is 3.44. The first kappa shape index (κ1) is 13.9. The number of carbonyl (C=O) groups excluding carboxylic acids is 1. The molecule has 1 atom stereocenters. The van der Waals surface area contributed by atoms with E-state index in [1.54, 1.807) is 7.11 Å². The standard InChI is InChI=1S/C15H21NO3/c1-18-12-15(17)16-9-7-13(11-16)8-10-19-14-5-3-2-4-6-14/h2-6,13H,7-12H2,1H3. The molecule has 4 nitrogen and oxygen atoms in total. The van der Waals surface area contributed by atoms with Crippen molar-refractivity contribution in [2.24, 2.45) is 5.92 Å². The van der Waals surface area contributed by atoms with Crippen molar-refractivity contribution in [1.29, 1.82) is 0 Å². The summed E-state index contributed by atoms with van der Waals surface area (Å²) in [6.07, 6.45) is 2.05. The second-order valence-electron chi connectivity index (χ2n) is 4.88. The highest BCUT2D eigenvalue weighted by molar-refractivity contribution is 5.77. The van der Waals surface area contributed by atoms with Gasteiger partial charge in [-0.2, -0.15) is 0 Å². The van der Waals surface area contributed by atoms with E-state index in [2.05, 4.69) is 0 Å². The van der Waals surface area contributed by atoms with Gasteiger partial charge in [-0.15, -0.1) is 0 Å². The predicted octanol–water partition coefficient (Wildman–Crippen LogP) is 1.95. The van der Waals surface area contributed by atoms with E-state index < -0.39 is 0 Å². The van der Waals surface area contributed by atoms with Gasteiger partial charge in [-0.3, -0.25) is 4.79 Å². The van der Waals surface area contributed by atoms with Gasteiger partial charge in [-0.1, -0.05) is 18.2 Å². The minimum Gasteiger partial charge on any atom is -0.494 e. The third kappa shape index (κ3) is 4.24. The minimum atomic E-state index is 0.0916. The van der Waals surface area contributed by atoms with E-state index in [0.717, 1.165) is 31.7 Å². The smallest absolute Gasteiger partial charge is 0.248 e. The van der Waals surface area contributed by atoms with Gasteiger partial charge >= 0.3 is 0 Å². The fourth-order valence-electron chi connectivity index (χ4n) is 2.37. The highest BCUT2D eigenvalue weighted by Crippen LogP contribution is 2.20. The molecule has 0 spiro atoms. The Hall–Kier alpha value is -1.55. The van der Waals surface area contributed by atoms with Crippen LogP contribution in [0.2, 0.25) is 0 Å². The van der Waals surface area contributed by atoms with E-state index in [0.29, 0.717) is 12.5 Å². The number of ether oxygens (including phenoxy) is 2. The first-order valence-corrected chi connectivity index (χ1v) is 6.74. The molecular weight excluding hydrogens is 242 g/mol. The summed E-state index contributed by atoms with van der Waals surface area (Å²) in [6, 6.07) is 9.83. The summed E-state index contributed by atoms with van der Waals surface area (Å²) in [7, 11) is 1.55. The normalized spacial score (nSPS) is 18.6. The highest BCUT2D eigenvalue weighted by atomic mass is 16.5. The van der Waals surface area contributed by atoms with Crippen molar-refractivity contribution in [3.63, 3.8) is 0 Å². The van der Waals surface area contributed by atoms with Gasteiger partial charge in [0.25, 0.3) is 0 Å². The lowest BCUT2D eigenvalue weighted by Gasteiger charge is -2.16. The average molecular weight is 263 g/mol. The molecule has 1 aromatic carbocycles. The van der Waals surface area contributed by atoms with Gasteiger partial charge in [0, 0.05) is 20.2 Å². The Morgan fingerprint density at radius 2 is 2.16 bits per heavy atom. The fraction of sp³-hybridized carbons (Fsp3) is 0.533. The Labute approximate surface area is 114 Å². The summed E-state index contributed by atoms with van der Waals surface area (Å²) >= 11 is 0. The molecule has 0 N–H and O–H groups in total. The third-order valence-corrected chi connectivity index (χ3v) is 3.44. The lowest BCUT2D eigenvalue weighted by molar-refractivity contribution is -0.134. The molecule has 1 heterocycles. The number of methoxy groups -OCH3 is 1. The molecule has 0 saturated carbocycles. The van der Waals surface area contributed by atoms with Crippen LogP contribution in [-0.4, -0.2) is 44.2 Å². The van der Waals surface area contributed by atoms with Crippen LogP contribution < -0.4 is 4.74 Å². The van der Waals surface area contributed by atoms with Gasteiger partial charge in [0.2, 0.25) is 5.91 Å². The van der Waals surface area contributed by atoms with E-state index in [1.807, 2.05) is 35.2 Å². The molecule has 104 valence electrons. The molecule has 1 fully saturated rings. The number of carbonyl (C=O) groups is 1. The molecular formula is C15H21NO3. The molecule has 1 aromatic rings. The summed E-state index contributed by atoms with van der Waals surface area (Å²) in [6.45, 7) is 2.58. The average Bonchev–Trinajstić information content (AvgIpc) is 2.89. The highest BCUT2D eigenvalue weighted by Gasteiger charge is 2.25. The largest absolute Gasteiger partial charge is 0.494 e. The van der Waals surface area contributed by atoms with Crippen LogP contribution in [0.15, 0.2) is 30.3 Å². The maximum Gasteiger partial charge on any atom is 0.248 e. The molecule has 1 amide bonds. The van der Waals surface area contributed by atoms with E-state index >= 15 is 0 Å². The lowest BCUT2D eigenvalue weighted by atomic mass is 10.1. The topological polar surface area (TPSA) is 38.8 Å². The molecule has 4 heteroatoms. The zero-order chi connectivity index (χ0) is 13.5. The summed E-state index contributed by atoms with van der Waals surface area (Å²) in [5, 5.41) is 0. The van der Waals surface area contributed by atoms with Crippen LogP contribution >= 0.6 is 0 Å². The number of likely N-dealkylation sites (tertiary alicyclic amines) is 1. The second kappa shape index (κ2) is 7.14. The van der Waals surface area contributed by atoms with Gasteiger partial charge in [-0.25, -0.2) is 0 Å². The monoisotopic (exact) mass is 263 g/mol. The molecule has 1 unspecified atom stereocenters. The number of rotatable bonds is 6. The van der Waals surface area contributed by atoms with E-state index in [-0.39, 0.29) is 12.5 Å². The lowest BCUT2D eigenvalue weighted by Crippen LogP contribution is -2.31. The van der Waals surface area contributed by atoms with Gasteiger partial charge < -0.3 is 14.4 Å². The van der Waals surface area contributed by atoms with Crippen LogP contribution in [0.4, 0.5) is 0 Å². The van der Waals surface area contributed by atoms with Gasteiger partial charge in [0.1, 0.15) is 12.4 Å². The fourth-order valence-corrected chi connectivity index (χ4v) is 2.37. The number of hydrogen-bond donors (Lipinski definition) is 0. The van der Waals surface area contributed by atoms with E-state index in [9.17, 15) is 4.79 Å². The predicted molar refractivity (Wildman–Crippen MR) is 73.1 cm³/mol. The van der Waals surface area contributed by atoms with E-state index in [1.165, 1.54) is 0 Å². The number of amides is 1. The molecule has 1 aliphatic heterocycles. The van der Waals surface area contributed by atoms with Crippen LogP contribution in [0.25, 0.3) is 0 Å². The van der Waals surface area contributed by atoms with Crippen LogP contribution in [0, 0.1) is 5.92 Å². The van der Waals surface area contributed by atoms with Crippen molar-refractivity contribution in [2.75, 3.05) is 33.4 Å². The van der Waals surface area contributed by atoms with Crippen LogP contribution in [-0.2, 0) is 9.53 Å². The second-order valence-corrected chi connectivity index (χ2v) is 4.88. The van der Waals surface area contributed by atoms with Crippen molar-refractivity contribution in [3.05, 3.63) is 30.3 Å². The summed E-state index contributed by atoms with van der Waals surface area (Å²) in [5.41, 5.74) is 0. The van der Waals surface area contributed by atoms with Gasteiger partial charge in [0.15, 0.2) is 0 Å². The maximum atomic E-state index is 11.7. The molecule has 2 rings (SSSR count). The Kier molecular flexibility index (Phi) is 5.21. The summed E-state index contributed by atoms with van der Waals surface area (Å²) in [5.74, 6) is 1.55. The molecule has 0 aromatic heterocycles. The Morgan fingerprint density at radius 1 is 1.37 bits per heavy atom. The molecule has 19 heavy (non-hydrogen) atoms. The number of benzene rings is 1. The van der Waals surface area contributed by atoms with Crippen molar-refractivity contribution < 1.29 is 14.3 Å². The quantitative estimate of drug-likeness (QED) is 0.787. The molecule has 1 saturated heterocycles. The molecule has 0 radical (unpaired) electrons. The number of para-hydroxylation sites is 1. The van der Waals surface area contributed by atoms with Crippen molar-refractivity contribution >= 4 is 5.91 Å². The van der Waals surface area contributed by atoms with Gasteiger partial charge in [-0.05, 0) is 30.9 Å². The van der Waals surface area contributed by atoms with Crippen molar-refractivity contribution in [3.8, 4) is 5.75 Å². The summed E-state index contributed by atoms with van der Waals surface area (Å²) in [4.78, 5) is 13.5. The maximum absolute atomic E-state index is 11.7. The van der Waals surface area contributed by atoms with Crippen LogP contribution in [0.5, 0.6) is 5.75 Å². The molecule has 1 aliphatic rings. The first-order valence-electron chi connectivity index (χ1n) is 6.74. The van der Waals surface area contributed by atoms with Crippen molar-refractivity contribution in [2.45, 2.75) is 12.8 Å².